The molecule has 0 aromatic heterocycles. The number of aliphatic hydroxyl groups excluding tert-OH is 30. The minimum absolute atomic E-state index is 0.868. The van der Waals surface area contributed by atoms with Crippen molar-refractivity contribution in [1.29, 1.82) is 0 Å². The van der Waals surface area contributed by atoms with Crippen LogP contribution < -0.4 is 26.6 Å². The van der Waals surface area contributed by atoms with Gasteiger partial charge in [-0.1, -0.05) is 0 Å². The van der Waals surface area contributed by atoms with Crippen LogP contribution in [0.4, 0.5) is 0 Å². The Labute approximate surface area is 771 Å². The lowest BCUT2D eigenvalue weighted by molar-refractivity contribution is -0.396. The van der Waals surface area contributed by atoms with Crippen molar-refractivity contribution in [2.45, 2.75) is 373 Å². The third kappa shape index (κ3) is 26.0. The second-order valence-electron chi connectivity index (χ2n) is 34.3. The minimum Gasteiger partial charge on any atom is -0.394 e. The first-order chi connectivity index (χ1) is 64.2. The Bertz CT molecular complexity index is 3710. The molecule has 54 atom stereocenters. The van der Waals surface area contributed by atoms with Crippen molar-refractivity contribution in [3.8, 4) is 0 Å². The van der Waals surface area contributed by atoms with Crippen LogP contribution in [-0.4, -0.2) is 587 Å². The highest BCUT2D eigenvalue weighted by molar-refractivity contribution is 5.75. The summed E-state index contributed by atoms with van der Waals surface area (Å²) >= 11 is 0. The number of rotatable bonds is 39. The molecule has 0 aromatic carbocycles. The number of carbonyl (C=O) groups is 5. The van der Waals surface area contributed by atoms with Crippen LogP contribution in [0.3, 0.4) is 0 Å². The molecule has 10 aliphatic heterocycles. The van der Waals surface area contributed by atoms with Gasteiger partial charge in [-0.15, -0.1) is 0 Å². The first-order valence-electron chi connectivity index (χ1n) is 43.4. The monoisotopic (exact) mass is 1990 g/mol. The van der Waals surface area contributed by atoms with E-state index in [0.29, 0.717) is 0 Å². The molecule has 10 aliphatic rings. The van der Waals surface area contributed by atoms with Crippen LogP contribution >= 0.6 is 0 Å². The first kappa shape index (κ1) is 113. The van der Waals surface area contributed by atoms with E-state index in [1.807, 2.05) is 0 Å². The Morgan fingerprint density at radius 1 is 0.272 bits per heavy atom. The van der Waals surface area contributed by atoms with E-state index in [0.717, 1.165) is 34.6 Å². The molecule has 0 saturated carbocycles. The third-order valence-corrected chi connectivity index (χ3v) is 24.6. The number of hydrogen-bond acceptors (Lipinski definition) is 55. The minimum atomic E-state index is -2.70. The molecular formula is C76H129N5O55. The molecule has 788 valence electrons. The zero-order valence-corrected chi connectivity index (χ0v) is 73.6. The molecular weight excluding hydrogens is 1860 g/mol. The maximum Gasteiger partial charge on any atom is 0.217 e. The van der Waals surface area contributed by atoms with E-state index in [-0.39, 0.29) is 0 Å². The number of ether oxygens (including phenoxy) is 20. The molecule has 0 aliphatic carbocycles. The van der Waals surface area contributed by atoms with Crippen LogP contribution in [0.5, 0.6) is 0 Å². The predicted octanol–water partition coefficient (Wildman–Crippen LogP) is -23.6. The van der Waals surface area contributed by atoms with Gasteiger partial charge in [-0.25, -0.2) is 0 Å². The van der Waals surface area contributed by atoms with Crippen LogP contribution in [0.15, 0.2) is 0 Å². The molecule has 60 heteroatoms. The van der Waals surface area contributed by atoms with Gasteiger partial charge in [0.15, 0.2) is 62.9 Å². The molecule has 35 N–H and O–H groups in total. The summed E-state index contributed by atoms with van der Waals surface area (Å²) in [6.45, 7) is -6.85. The molecule has 10 unspecified atom stereocenters. The lowest BCUT2D eigenvalue weighted by Gasteiger charge is -2.51. The van der Waals surface area contributed by atoms with E-state index in [4.69, 9.17) is 94.7 Å². The van der Waals surface area contributed by atoms with Crippen molar-refractivity contribution in [3.05, 3.63) is 0 Å². The molecule has 0 spiro atoms. The largest absolute Gasteiger partial charge is 0.394 e. The third-order valence-electron chi connectivity index (χ3n) is 24.6. The summed E-state index contributed by atoms with van der Waals surface area (Å²) < 4.78 is 119. The van der Waals surface area contributed by atoms with E-state index in [1.54, 1.807) is 0 Å². The number of hydrogen-bond donors (Lipinski definition) is 35. The topological polar surface area (TPSA) is 937 Å². The summed E-state index contributed by atoms with van der Waals surface area (Å²) in [4.78, 5) is 64.7. The van der Waals surface area contributed by atoms with Crippen LogP contribution in [0.25, 0.3) is 0 Å². The quantitative estimate of drug-likeness (QED) is 0.0272. The van der Waals surface area contributed by atoms with E-state index in [2.05, 4.69) is 26.6 Å². The SMILES string of the molecule is CC(=O)N[C@@H](CO)[C@@H](O)[C@H](OC1O[C@H](CO)[C@@H](OC2O[C@H](COC3O[C@H](COC4O[C@H](CO)[C@@H](OC5O[C@H](CO)[C@H](O)[C@H](O)[C@H]5O)[C@H](O)[C@H]4NC(C)=O)[C@@H](O)[C@H](O)[C@@H]3OC3O[C@H](CO)[C@@H](OC4O[C@H](CO)[C@H](O)[C@H](O)[C@H]4O)[C@H](O)[C@H]3NC(C)=O)[C@@H](O)[C@H](OC3O[C@H](CO)[C@@H](O)[C@H](O)[C@@H]3OC3O[C@H](CO)[C@@H](O)[C@H](O)[C@H]3NC(C)=O)[C@@H]2O)[C@H](O)[C@H]1NC(C)=O)[C@H](O)COC1O[C@@H](C)[C@@H](O)[C@@H](O)[C@@H]1O. The van der Waals surface area contributed by atoms with E-state index < -0.39 is 433 Å². The smallest absolute Gasteiger partial charge is 0.217 e. The number of nitrogens with one attached hydrogen (secondary N) is 5. The Morgan fingerprint density at radius 3 is 1.01 bits per heavy atom. The van der Waals surface area contributed by atoms with Gasteiger partial charge >= 0.3 is 0 Å². The van der Waals surface area contributed by atoms with Crippen molar-refractivity contribution in [1.82, 2.24) is 26.6 Å². The fraction of sp³-hybridized carbons (Fsp3) is 0.934. The van der Waals surface area contributed by atoms with Gasteiger partial charge in [0.25, 0.3) is 0 Å². The molecule has 0 bridgehead atoms. The summed E-state index contributed by atoms with van der Waals surface area (Å²) in [7, 11) is 0. The molecule has 60 nitrogen and oxygen atoms in total. The van der Waals surface area contributed by atoms with E-state index in [9.17, 15) is 177 Å². The summed E-state index contributed by atoms with van der Waals surface area (Å²) in [5.41, 5.74) is 0. The van der Waals surface area contributed by atoms with Gasteiger partial charge in [-0.05, 0) is 6.92 Å². The molecule has 0 radical (unpaired) electrons. The molecule has 5 amide bonds. The average Bonchev–Trinajstić information content (AvgIpc) is 0.759. The summed E-state index contributed by atoms with van der Waals surface area (Å²) in [5, 5.41) is 349. The van der Waals surface area contributed by atoms with Crippen LogP contribution in [0.1, 0.15) is 41.5 Å². The molecule has 10 saturated heterocycles. The van der Waals surface area contributed by atoms with Gasteiger partial charge < -0.3 is 275 Å². The second kappa shape index (κ2) is 50.2. The summed E-state index contributed by atoms with van der Waals surface area (Å²) in [6.07, 6.45) is -105. The Balaban J connectivity index is 1.03. The van der Waals surface area contributed by atoms with Gasteiger partial charge in [0, 0.05) is 34.6 Å². The normalized spacial score (nSPS) is 46.7. The predicted molar refractivity (Wildman–Crippen MR) is 421 cm³/mol. The average molecular weight is 1990 g/mol. The molecule has 0 aromatic rings. The number of aliphatic hydroxyl groups is 30. The Hall–Kier alpha value is -4.65. The number of carbonyl (C=O) groups excluding carboxylic acids is 5. The molecule has 136 heavy (non-hydrogen) atoms. The molecule has 10 rings (SSSR count). The van der Waals surface area contributed by atoms with Crippen molar-refractivity contribution in [2.24, 2.45) is 0 Å². The standard InChI is InChI=1S/C76H129N5O55/c1-18-39(96)51(108)56(113)71(120-18)117-15-25(95)60(40(97)24(7-82)77-19(2)90)130-69-37(80-22(5)93)49(106)63(32(14-89)126-69)133-74-59(116)64(134-76-66(54(111)44(101)29(11-86)124-76)136-68-35(78-20(3)91)47(104)41(98)26(8-83)121-68)46(103)34(128-74)17-119-75-65(135-70-38(81-23(6)94)50(107)62(31(13-88)127-70)132-73-58(115)53(110)43(100)28(10-85)123-73)55(112)45(102)33(129-75)16-118-67-36(79-21(4)92)48(105)61(30(12-87)125-67)131-72-57(114)52(109)42(99)27(9-84)122-72/h18,24-76,82-89,95-116H,7-17H2,1-6H3,(H,77,90)(H,78,91)(H,79,92)(H,80,93)(H,81,94)/t18-,24-,25+,26+,27+,28+,29+,30+,31+,32+,33+,34+,35+,36+,37+,38+,39+,40+,41+,42-,43-,44+,45+,46+,47+,48+,49+,50+,51+,52-,53-,54-,55-,56-,57+,58+,59-,60+,61+,62+,63+,64-,65-,66-,67?,68?,69?,70?,71?,72?,73?,74?,75?,76?/m0/s1. The van der Waals surface area contributed by atoms with Crippen LogP contribution in [0.2, 0.25) is 0 Å². The second-order valence-corrected chi connectivity index (χ2v) is 34.3. The fourth-order valence-electron chi connectivity index (χ4n) is 17.2. The van der Waals surface area contributed by atoms with Crippen molar-refractivity contribution >= 4 is 29.5 Å². The van der Waals surface area contributed by atoms with E-state index >= 15 is 0 Å². The lowest BCUT2D eigenvalue weighted by atomic mass is 9.94. The summed E-state index contributed by atoms with van der Waals surface area (Å²) in [6, 6.07) is -9.72. The zero-order valence-electron chi connectivity index (χ0n) is 73.6. The maximum atomic E-state index is 13.4. The maximum absolute atomic E-state index is 13.4. The van der Waals surface area contributed by atoms with Gasteiger partial charge in [0.05, 0.1) is 84.8 Å². The van der Waals surface area contributed by atoms with Gasteiger partial charge in [-0.2, -0.15) is 0 Å². The van der Waals surface area contributed by atoms with Crippen molar-refractivity contribution in [2.75, 3.05) is 72.7 Å². The Morgan fingerprint density at radius 2 is 0.581 bits per heavy atom. The van der Waals surface area contributed by atoms with Gasteiger partial charge in [0.1, 0.15) is 256 Å². The summed E-state index contributed by atoms with van der Waals surface area (Å²) in [5.74, 6) is -4.84. The highest BCUT2D eigenvalue weighted by Gasteiger charge is 2.62. The van der Waals surface area contributed by atoms with Gasteiger partial charge in [0.2, 0.25) is 29.5 Å². The van der Waals surface area contributed by atoms with Crippen LogP contribution in [0, 0.1) is 0 Å². The van der Waals surface area contributed by atoms with E-state index in [1.165, 1.54) is 6.92 Å². The van der Waals surface area contributed by atoms with Crippen molar-refractivity contribution in [3.63, 3.8) is 0 Å². The zero-order chi connectivity index (χ0) is 101. The van der Waals surface area contributed by atoms with Crippen molar-refractivity contribution < 1.29 is 272 Å². The first-order valence-corrected chi connectivity index (χ1v) is 43.4. The highest BCUT2D eigenvalue weighted by Crippen LogP contribution is 2.41. The fourth-order valence-corrected chi connectivity index (χ4v) is 17.2. The van der Waals surface area contributed by atoms with Gasteiger partial charge in [-0.3, -0.25) is 24.0 Å². The number of amides is 5. The Kier molecular flexibility index (Phi) is 41.9. The molecule has 10 heterocycles. The highest BCUT2D eigenvalue weighted by atomic mass is 16.8. The molecule has 10 fully saturated rings. The van der Waals surface area contributed by atoms with Crippen LogP contribution in [-0.2, 0) is 119 Å². The lowest BCUT2D eigenvalue weighted by Crippen LogP contribution is -2.70.